The summed E-state index contributed by atoms with van der Waals surface area (Å²) in [6.07, 6.45) is 1.58. The van der Waals surface area contributed by atoms with Crippen molar-refractivity contribution in [2.24, 2.45) is 11.5 Å². The van der Waals surface area contributed by atoms with Gasteiger partial charge in [0.15, 0.2) is 5.69 Å². The molecular formula is C25H27FN6O3. The van der Waals surface area contributed by atoms with Crippen LogP contribution in [0.15, 0.2) is 43.0 Å². The fourth-order valence-electron chi connectivity index (χ4n) is 3.96. The number of hydrogen-bond acceptors (Lipinski definition) is 5. The van der Waals surface area contributed by atoms with E-state index in [4.69, 9.17) is 11.5 Å². The smallest absolute Gasteiger partial charge is 0.269 e. The second kappa shape index (κ2) is 9.57. The quantitative estimate of drug-likeness (QED) is 0.431. The average Bonchev–Trinajstić information content (AvgIpc) is 3.59. The summed E-state index contributed by atoms with van der Waals surface area (Å²) in [5, 5.41) is 7.40. The van der Waals surface area contributed by atoms with Gasteiger partial charge in [-0.3, -0.25) is 19.1 Å². The van der Waals surface area contributed by atoms with Crippen LogP contribution in [0.3, 0.4) is 0 Å². The second-order valence-electron chi connectivity index (χ2n) is 8.71. The first-order valence-electron chi connectivity index (χ1n) is 11.2. The van der Waals surface area contributed by atoms with Crippen LogP contribution in [0.25, 0.3) is 16.6 Å². The number of nitrogens with zero attached hydrogens (tertiary/aromatic N) is 3. The summed E-state index contributed by atoms with van der Waals surface area (Å²) in [6.45, 7) is 5.05. The lowest BCUT2D eigenvalue weighted by Crippen LogP contribution is -2.43. The minimum absolute atomic E-state index is 0.0202. The van der Waals surface area contributed by atoms with Gasteiger partial charge in [-0.1, -0.05) is 30.8 Å². The molecule has 0 atom stereocenters. The van der Waals surface area contributed by atoms with E-state index in [1.807, 2.05) is 0 Å². The third kappa shape index (κ3) is 5.16. The van der Waals surface area contributed by atoms with E-state index in [1.54, 1.807) is 43.3 Å². The first kappa shape index (κ1) is 23.9. The summed E-state index contributed by atoms with van der Waals surface area (Å²) in [6, 6.07) is 10.0. The summed E-state index contributed by atoms with van der Waals surface area (Å²) in [5.41, 5.74) is 13.6. The third-order valence-corrected chi connectivity index (χ3v) is 6.01. The lowest BCUT2D eigenvalue weighted by atomic mass is 10.1. The Hall–Kier alpha value is -4.21. The number of primary amides is 1. The van der Waals surface area contributed by atoms with Crippen molar-refractivity contribution in [3.63, 3.8) is 0 Å². The molecule has 182 valence electrons. The van der Waals surface area contributed by atoms with Crippen molar-refractivity contribution >= 4 is 34.3 Å². The predicted molar refractivity (Wildman–Crippen MR) is 129 cm³/mol. The van der Waals surface area contributed by atoms with Crippen LogP contribution in [-0.2, 0) is 22.7 Å². The number of amides is 3. The molecule has 9 nitrogen and oxygen atoms in total. The molecule has 3 amide bonds. The van der Waals surface area contributed by atoms with Crippen LogP contribution in [0.1, 0.15) is 40.0 Å². The van der Waals surface area contributed by atoms with Crippen LogP contribution >= 0.6 is 0 Å². The van der Waals surface area contributed by atoms with Gasteiger partial charge < -0.3 is 21.7 Å². The van der Waals surface area contributed by atoms with Crippen molar-refractivity contribution in [3.05, 3.63) is 71.2 Å². The van der Waals surface area contributed by atoms with E-state index in [2.05, 4.69) is 17.0 Å². The van der Waals surface area contributed by atoms with Gasteiger partial charge in [-0.15, -0.1) is 0 Å². The Labute approximate surface area is 201 Å². The highest BCUT2D eigenvalue weighted by atomic mass is 19.1. The van der Waals surface area contributed by atoms with Crippen molar-refractivity contribution < 1.29 is 18.8 Å². The van der Waals surface area contributed by atoms with E-state index < -0.39 is 5.91 Å². The van der Waals surface area contributed by atoms with Crippen molar-refractivity contribution in [2.75, 3.05) is 6.54 Å². The van der Waals surface area contributed by atoms with Crippen molar-refractivity contribution in [1.29, 1.82) is 0 Å². The molecular weight excluding hydrogens is 451 g/mol. The summed E-state index contributed by atoms with van der Waals surface area (Å²) in [4.78, 5) is 39.2. The molecule has 5 N–H and O–H groups in total. The second-order valence-corrected chi connectivity index (χ2v) is 8.71. The number of carbonyl (C=O) groups is 3. The van der Waals surface area contributed by atoms with Crippen molar-refractivity contribution in [1.82, 2.24) is 20.0 Å². The molecule has 0 radical (unpaired) electrons. The molecule has 1 saturated carbocycles. The highest BCUT2D eigenvalue weighted by molar-refractivity contribution is 6.05. The number of nitrogens with two attached hydrogens (primary N) is 2. The highest BCUT2D eigenvalue weighted by Crippen LogP contribution is 2.28. The number of halogens is 1. The number of aryl methyl sites for hydroxylation is 1. The monoisotopic (exact) mass is 478 g/mol. The maximum Gasteiger partial charge on any atom is 0.269 e. The number of aromatic nitrogens is 2. The Morgan fingerprint density at radius 3 is 2.63 bits per heavy atom. The Kier molecular flexibility index (Phi) is 6.54. The molecule has 1 fully saturated rings. The normalized spacial score (nSPS) is 13.0. The lowest BCUT2D eigenvalue weighted by Gasteiger charge is -2.22. The number of hydrogen-bond donors (Lipinski definition) is 3. The molecule has 0 saturated heterocycles. The van der Waals surface area contributed by atoms with Crippen LogP contribution in [0.5, 0.6) is 0 Å². The average molecular weight is 479 g/mol. The Morgan fingerprint density at radius 2 is 1.97 bits per heavy atom. The first-order valence-corrected chi connectivity index (χ1v) is 11.2. The van der Waals surface area contributed by atoms with Gasteiger partial charge in [0, 0.05) is 29.2 Å². The van der Waals surface area contributed by atoms with E-state index in [0.29, 0.717) is 33.3 Å². The van der Waals surface area contributed by atoms with Gasteiger partial charge in [-0.25, -0.2) is 4.39 Å². The predicted octanol–water partition coefficient (Wildman–Crippen LogP) is 1.82. The summed E-state index contributed by atoms with van der Waals surface area (Å²) in [5.74, 6) is -1.81. The summed E-state index contributed by atoms with van der Waals surface area (Å²) < 4.78 is 15.6. The fraction of sp³-hybridized carbons (Fsp3) is 0.280. The zero-order valence-electron chi connectivity index (χ0n) is 19.4. The molecule has 0 spiro atoms. The molecule has 10 heteroatoms. The molecule has 1 aliphatic carbocycles. The van der Waals surface area contributed by atoms with E-state index in [1.165, 1.54) is 9.58 Å². The maximum absolute atomic E-state index is 14.2. The maximum atomic E-state index is 14.2. The van der Waals surface area contributed by atoms with Crippen LogP contribution in [-0.4, -0.2) is 45.0 Å². The Bertz CT molecular complexity index is 1340. The minimum Gasteiger partial charge on any atom is -0.399 e. The van der Waals surface area contributed by atoms with Crippen LogP contribution in [0, 0.1) is 12.7 Å². The number of carbonyl (C=O) groups excluding carboxylic acids is 3. The van der Waals surface area contributed by atoms with Crippen LogP contribution in [0.2, 0.25) is 0 Å². The third-order valence-electron chi connectivity index (χ3n) is 6.01. The number of nitrogens with one attached hydrogen (secondary N) is 1. The van der Waals surface area contributed by atoms with Gasteiger partial charge in [-0.05, 0) is 43.0 Å². The number of fused-ring (bicyclic) bond motifs is 1. The van der Waals surface area contributed by atoms with Crippen molar-refractivity contribution in [2.45, 2.75) is 38.9 Å². The van der Waals surface area contributed by atoms with Gasteiger partial charge >= 0.3 is 0 Å². The molecule has 3 aromatic rings. The van der Waals surface area contributed by atoms with Gasteiger partial charge in [-0.2, -0.15) is 5.10 Å². The number of benzene rings is 2. The van der Waals surface area contributed by atoms with E-state index >= 15 is 0 Å². The first-order chi connectivity index (χ1) is 16.7. The summed E-state index contributed by atoms with van der Waals surface area (Å²) >= 11 is 0. The number of rotatable bonds is 9. The lowest BCUT2D eigenvalue weighted by molar-refractivity contribution is -0.137. The Morgan fingerprint density at radius 1 is 1.23 bits per heavy atom. The van der Waals surface area contributed by atoms with Gasteiger partial charge in [0.05, 0.1) is 12.1 Å². The molecule has 1 aliphatic rings. The minimum atomic E-state index is -0.734. The zero-order valence-corrected chi connectivity index (χ0v) is 19.4. The molecule has 35 heavy (non-hydrogen) atoms. The molecule has 4 rings (SSSR count). The standard InChI is InChI=1S/C25H27FN6O3/c1-14-4-3-5-17(23(14)26)11-29-21(33)12-31(18-7-8-18)22(34)13-32-20-9-6-16(15(2)27)10-19(20)24(30-32)25(28)35/h3-6,9-10,18H,2,7-8,11-13,27H2,1H3,(H2,28,35)(H,29,33). The molecule has 0 aliphatic heterocycles. The Balaban J connectivity index is 1.49. The topological polar surface area (TPSA) is 136 Å². The fourth-order valence-corrected chi connectivity index (χ4v) is 3.96. The molecule has 2 aromatic carbocycles. The van der Waals surface area contributed by atoms with Crippen LogP contribution in [0.4, 0.5) is 4.39 Å². The van der Waals surface area contributed by atoms with E-state index in [-0.39, 0.29) is 49.0 Å². The molecule has 0 unspecified atom stereocenters. The molecule has 0 bridgehead atoms. The van der Waals surface area contributed by atoms with Crippen molar-refractivity contribution in [3.8, 4) is 0 Å². The molecule has 1 aromatic heterocycles. The van der Waals surface area contributed by atoms with Gasteiger partial charge in [0.25, 0.3) is 5.91 Å². The van der Waals surface area contributed by atoms with E-state index in [9.17, 15) is 18.8 Å². The van der Waals surface area contributed by atoms with Crippen LogP contribution < -0.4 is 16.8 Å². The van der Waals surface area contributed by atoms with E-state index in [0.717, 1.165) is 12.8 Å². The molecule has 1 heterocycles. The van der Waals surface area contributed by atoms with Gasteiger partial charge in [0.1, 0.15) is 12.4 Å². The summed E-state index contributed by atoms with van der Waals surface area (Å²) in [7, 11) is 0. The largest absolute Gasteiger partial charge is 0.399 e. The zero-order chi connectivity index (χ0) is 25.3. The highest BCUT2D eigenvalue weighted by Gasteiger charge is 2.34. The van der Waals surface area contributed by atoms with Gasteiger partial charge in [0.2, 0.25) is 11.8 Å². The SMILES string of the molecule is C=C(N)c1ccc2c(c1)c(C(N)=O)nn2CC(=O)N(CC(=O)NCc1cccc(C)c1F)C1CC1.